The quantitative estimate of drug-likeness (QED) is 0.184. The summed E-state index contributed by atoms with van der Waals surface area (Å²) in [5.74, 6) is 1.53. The molecule has 202 valence electrons. The summed E-state index contributed by atoms with van der Waals surface area (Å²) < 4.78 is 24.9. The third-order valence-corrected chi connectivity index (χ3v) is 7.94. The lowest BCUT2D eigenvalue weighted by atomic mass is 9.76. The summed E-state index contributed by atoms with van der Waals surface area (Å²) in [6, 6.07) is 25.2. The minimum absolute atomic E-state index is 0.173. The molecule has 6 rings (SSSR count). The smallest absolute Gasteiger partial charge is 0.180 e. The van der Waals surface area contributed by atoms with Crippen molar-refractivity contribution in [3.63, 3.8) is 0 Å². The zero-order valence-electron chi connectivity index (χ0n) is 22.4. The molecular weight excluding hydrogens is 523 g/mol. The number of nitrogens with one attached hydrogen (secondary N) is 1. The number of allylic oxidation sites excluding steroid dienone is 2. The van der Waals surface area contributed by atoms with Crippen LogP contribution in [0.3, 0.4) is 0 Å². The van der Waals surface area contributed by atoms with Crippen molar-refractivity contribution < 1.29 is 13.9 Å². The molecule has 0 saturated carbocycles. The second kappa shape index (κ2) is 11.2. The normalized spacial score (nSPS) is 19.2. The Morgan fingerprint density at radius 2 is 1.90 bits per heavy atom. The third-order valence-electron chi connectivity index (χ3n) is 7.66. The molecular formula is C34H30ClFN2O2. The van der Waals surface area contributed by atoms with Gasteiger partial charge in [-0.1, -0.05) is 65.7 Å². The summed E-state index contributed by atoms with van der Waals surface area (Å²) in [7, 11) is 1.56. The van der Waals surface area contributed by atoms with Gasteiger partial charge in [-0.05, 0) is 84.0 Å². The molecule has 4 aromatic rings. The average Bonchev–Trinajstić information content (AvgIpc) is 3.46. The van der Waals surface area contributed by atoms with Crippen LogP contribution in [0.4, 0.5) is 15.8 Å². The number of halogens is 2. The van der Waals surface area contributed by atoms with Crippen molar-refractivity contribution in [3.05, 3.63) is 130 Å². The fraction of sp³-hybridized carbons (Fsp3) is 0.206. The molecule has 3 atom stereocenters. The summed E-state index contributed by atoms with van der Waals surface area (Å²) in [5, 5.41) is 4.19. The number of fused-ring (bicyclic) bond motifs is 3. The Morgan fingerprint density at radius 1 is 1.05 bits per heavy atom. The molecule has 4 aromatic carbocycles. The van der Waals surface area contributed by atoms with E-state index >= 15 is 0 Å². The van der Waals surface area contributed by atoms with Gasteiger partial charge in [-0.2, -0.15) is 0 Å². The van der Waals surface area contributed by atoms with Crippen LogP contribution in [0.25, 0.3) is 0 Å². The topological polar surface area (TPSA) is 42.8 Å². The van der Waals surface area contributed by atoms with E-state index in [2.05, 4.69) is 59.7 Å². The predicted octanol–water partition coefficient (Wildman–Crippen LogP) is 8.95. The van der Waals surface area contributed by atoms with Crippen LogP contribution in [-0.2, 0) is 6.61 Å². The van der Waals surface area contributed by atoms with E-state index in [1.165, 1.54) is 34.5 Å². The van der Waals surface area contributed by atoms with Crippen LogP contribution in [0.15, 0.2) is 96.0 Å². The first-order valence-corrected chi connectivity index (χ1v) is 13.8. The van der Waals surface area contributed by atoms with E-state index in [0.717, 1.165) is 17.7 Å². The largest absolute Gasteiger partial charge is 0.493 e. The first kappa shape index (κ1) is 26.1. The number of benzene rings is 4. The minimum Gasteiger partial charge on any atom is -0.493 e. The van der Waals surface area contributed by atoms with Gasteiger partial charge in [0, 0.05) is 17.8 Å². The maximum Gasteiger partial charge on any atom is 0.180 e. The molecule has 40 heavy (non-hydrogen) atoms. The fourth-order valence-electron chi connectivity index (χ4n) is 5.70. The Bertz CT molecular complexity index is 1600. The summed E-state index contributed by atoms with van der Waals surface area (Å²) in [5.41, 5.74) is 7.51. The number of nitrogens with zero attached hydrogens (tertiary/aromatic N) is 1. The lowest BCUT2D eigenvalue weighted by molar-refractivity contribution is 0.284. The van der Waals surface area contributed by atoms with Gasteiger partial charge in [-0.25, -0.2) is 4.39 Å². The summed E-state index contributed by atoms with van der Waals surface area (Å²) in [6.45, 7) is 2.33. The van der Waals surface area contributed by atoms with Crippen LogP contribution in [-0.4, -0.2) is 13.3 Å². The maximum absolute atomic E-state index is 13.5. The molecule has 0 unspecified atom stereocenters. The van der Waals surface area contributed by atoms with Crippen LogP contribution in [0.5, 0.6) is 11.5 Å². The Balaban J connectivity index is 1.17. The molecule has 1 aliphatic heterocycles. The molecule has 0 fully saturated rings. The molecule has 0 radical (unpaired) electrons. The van der Waals surface area contributed by atoms with Crippen molar-refractivity contribution in [3.8, 4) is 11.5 Å². The Morgan fingerprint density at radius 3 is 2.70 bits per heavy atom. The van der Waals surface area contributed by atoms with Crippen LogP contribution >= 0.6 is 11.6 Å². The van der Waals surface area contributed by atoms with Gasteiger partial charge in [0.2, 0.25) is 0 Å². The van der Waals surface area contributed by atoms with Crippen molar-refractivity contribution in [1.29, 1.82) is 0 Å². The van der Waals surface area contributed by atoms with Crippen LogP contribution < -0.4 is 14.8 Å². The Labute approximate surface area is 239 Å². The Hall–Kier alpha value is -4.09. The van der Waals surface area contributed by atoms with Crippen molar-refractivity contribution in [2.75, 3.05) is 12.4 Å². The molecule has 4 nitrogen and oxygen atoms in total. The van der Waals surface area contributed by atoms with Gasteiger partial charge in [0.15, 0.2) is 11.5 Å². The first-order valence-electron chi connectivity index (χ1n) is 13.4. The van der Waals surface area contributed by atoms with E-state index < -0.39 is 0 Å². The maximum atomic E-state index is 13.5. The average molecular weight is 553 g/mol. The molecule has 1 aliphatic carbocycles. The zero-order valence-corrected chi connectivity index (χ0v) is 23.2. The summed E-state index contributed by atoms with van der Waals surface area (Å²) in [6.07, 6.45) is 7.51. The molecule has 0 amide bonds. The highest BCUT2D eigenvalue weighted by molar-refractivity contribution is 6.32. The number of ether oxygens (including phenoxy) is 2. The van der Waals surface area contributed by atoms with E-state index in [0.29, 0.717) is 33.9 Å². The van der Waals surface area contributed by atoms with Crippen molar-refractivity contribution in [1.82, 2.24) is 0 Å². The Kier molecular flexibility index (Phi) is 7.31. The van der Waals surface area contributed by atoms with Gasteiger partial charge in [0.25, 0.3) is 0 Å². The number of anilines is 1. The van der Waals surface area contributed by atoms with E-state index in [4.69, 9.17) is 21.1 Å². The molecule has 6 heteroatoms. The second-order valence-electron chi connectivity index (χ2n) is 10.4. The van der Waals surface area contributed by atoms with Crippen molar-refractivity contribution >= 4 is 29.2 Å². The van der Waals surface area contributed by atoms with E-state index in [-0.39, 0.29) is 18.5 Å². The molecule has 1 N–H and O–H groups in total. The number of rotatable bonds is 7. The van der Waals surface area contributed by atoms with Crippen LogP contribution in [0.1, 0.15) is 46.2 Å². The molecule has 0 aromatic heterocycles. The van der Waals surface area contributed by atoms with Gasteiger partial charge in [0.1, 0.15) is 12.4 Å². The zero-order chi connectivity index (χ0) is 27.6. The van der Waals surface area contributed by atoms with Gasteiger partial charge >= 0.3 is 0 Å². The second-order valence-corrected chi connectivity index (χ2v) is 10.8. The lowest BCUT2D eigenvalue weighted by Gasteiger charge is -2.37. The molecule has 0 bridgehead atoms. The molecule has 0 spiro atoms. The van der Waals surface area contributed by atoms with Gasteiger partial charge in [-0.3, -0.25) is 4.99 Å². The number of aliphatic imine (C=N–C) groups is 1. The van der Waals surface area contributed by atoms with E-state index in [1.807, 2.05) is 18.2 Å². The first-order chi connectivity index (χ1) is 19.5. The molecule has 0 saturated heterocycles. The molecule has 2 aliphatic rings. The highest BCUT2D eigenvalue weighted by atomic mass is 35.5. The minimum atomic E-state index is -0.311. The van der Waals surface area contributed by atoms with E-state index in [1.54, 1.807) is 31.5 Å². The number of aryl methyl sites for hydroxylation is 1. The van der Waals surface area contributed by atoms with Crippen LogP contribution in [0.2, 0.25) is 5.02 Å². The SMILES string of the molecule is COc1cc(C=Nc2ccc([C@@H]3Nc4ccc(C)cc4[C@H]4C=CC[C@H]43)cc2)cc(Cl)c1OCc1cccc(F)c1. The monoisotopic (exact) mass is 552 g/mol. The highest BCUT2D eigenvalue weighted by Gasteiger charge is 2.37. The summed E-state index contributed by atoms with van der Waals surface area (Å²) in [4.78, 5) is 4.67. The molecule has 1 heterocycles. The standard InChI is InChI=1S/C34H30ClFN2O2/c1-21-9-14-31-29(15-21)27-7-4-8-28(27)33(38-31)24-10-12-26(13-11-24)37-19-23-17-30(35)34(32(18-23)39-2)40-20-22-5-3-6-25(36)16-22/h3-7,9-19,27-28,33,38H,8,20H2,1-2H3/t27-,28+,33-/m0/s1. The van der Waals surface area contributed by atoms with Crippen molar-refractivity contribution in [2.24, 2.45) is 10.9 Å². The highest BCUT2D eigenvalue weighted by Crippen LogP contribution is 2.50. The lowest BCUT2D eigenvalue weighted by Crippen LogP contribution is -2.29. The van der Waals surface area contributed by atoms with Gasteiger partial charge < -0.3 is 14.8 Å². The number of methoxy groups -OCH3 is 1. The van der Waals surface area contributed by atoms with Crippen LogP contribution in [0, 0.1) is 18.7 Å². The third kappa shape index (κ3) is 5.34. The van der Waals surface area contributed by atoms with Gasteiger partial charge in [0.05, 0.1) is 23.9 Å². The van der Waals surface area contributed by atoms with Crippen molar-refractivity contribution in [2.45, 2.75) is 31.9 Å². The van der Waals surface area contributed by atoms with Gasteiger partial charge in [-0.15, -0.1) is 0 Å². The number of hydrogen-bond acceptors (Lipinski definition) is 4. The summed E-state index contributed by atoms with van der Waals surface area (Å²) >= 11 is 6.54. The number of hydrogen-bond donors (Lipinski definition) is 1. The van der Waals surface area contributed by atoms with E-state index in [9.17, 15) is 4.39 Å². The predicted molar refractivity (Wildman–Crippen MR) is 160 cm³/mol. The fourth-order valence-corrected chi connectivity index (χ4v) is 5.97.